The van der Waals surface area contributed by atoms with Crippen molar-refractivity contribution >= 4 is 0 Å². The van der Waals surface area contributed by atoms with Crippen molar-refractivity contribution in [2.45, 2.75) is 90.6 Å². The lowest BCUT2D eigenvalue weighted by Crippen LogP contribution is -2.32. The summed E-state index contributed by atoms with van der Waals surface area (Å²) in [5, 5.41) is 0. The van der Waals surface area contributed by atoms with E-state index in [0.29, 0.717) is 6.10 Å². The fourth-order valence-electron chi connectivity index (χ4n) is 5.53. The molecule has 1 heteroatoms. The third-order valence-electron chi connectivity index (χ3n) is 7.03. The van der Waals surface area contributed by atoms with Gasteiger partial charge in [0.15, 0.2) is 0 Å². The van der Waals surface area contributed by atoms with Crippen LogP contribution in [0.25, 0.3) is 0 Å². The van der Waals surface area contributed by atoms with Gasteiger partial charge in [-0.3, -0.25) is 0 Å². The first kappa shape index (κ1) is 18.8. The number of ether oxygens (including phenoxy) is 1. The second kappa shape index (κ2) is 9.64. The molecule has 25 heavy (non-hydrogen) atoms. The average molecular weight is 343 g/mol. The van der Waals surface area contributed by atoms with Crippen molar-refractivity contribution in [3.8, 4) is 5.75 Å². The van der Waals surface area contributed by atoms with Gasteiger partial charge in [0.2, 0.25) is 0 Å². The summed E-state index contributed by atoms with van der Waals surface area (Å²) in [5.41, 5.74) is 0. The Morgan fingerprint density at radius 1 is 0.840 bits per heavy atom. The van der Waals surface area contributed by atoms with Crippen LogP contribution in [0.2, 0.25) is 0 Å². The Labute approximate surface area is 155 Å². The Balaban J connectivity index is 1.45. The summed E-state index contributed by atoms with van der Waals surface area (Å²) in [4.78, 5) is 0. The molecule has 0 bridgehead atoms. The Kier molecular flexibility index (Phi) is 7.25. The van der Waals surface area contributed by atoms with Crippen LogP contribution in [-0.2, 0) is 0 Å². The third kappa shape index (κ3) is 5.25. The van der Waals surface area contributed by atoms with Crippen molar-refractivity contribution < 1.29 is 4.74 Å². The molecular formula is C24H38O. The predicted octanol–water partition coefficient (Wildman–Crippen LogP) is 7.26. The van der Waals surface area contributed by atoms with Gasteiger partial charge in [-0.25, -0.2) is 0 Å². The Morgan fingerprint density at radius 3 is 2.00 bits per heavy atom. The molecule has 0 aromatic heterocycles. The number of rotatable bonds is 7. The summed E-state index contributed by atoms with van der Waals surface area (Å²) in [5.74, 6) is 4.89. The molecular weight excluding hydrogens is 304 g/mol. The molecule has 0 spiro atoms. The largest absolute Gasteiger partial charge is 0.490 e. The van der Waals surface area contributed by atoms with Gasteiger partial charge in [-0.2, -0.15) is 0 Å². The molecule has 0 saturated heterocycles. The van der Waals surface area contributed by atoms with Gasteiger partial charge in [-0.1, -0.05) is 57.7 Å². The quantitative estimate of drug-likeness (QED) is 0.507. The van der Waals surface area contributed by atoms with Gasteiger partial charge in [-0.15, -0.1) is 0 Å². The second-order valence-electron chi connectivity index (χ2n) is 8.62. The van der Waals surface area contributed by atoms with Gasteiger partial charge < -0.3 is 4.74 Å². The molecule has 0 aliphatic heterocycles. The maximum absolute atomic E-state index is 6.32. The molecule has 2 aliphatic rings. The van der Waals surface area contributed by atoms with Crippen LogP contribution in [0.5, 0.6) is 5.75 Å². The van der Waals surface area contributed by atoms with Gasteiger partial charge in [0.1, 0.15) is 11.9 Å². The first-order chi connectivity index (χ1) is 12.3. The molecule has 1 aromatic carbocycles. The minimum absolute atomic E-state index is 0.406. The van der Waals surface area contributed by atoms with Crippen LogP contribution in [-0.4, -0.2) is 6.10 Å². The number of hydrogen-bond acceptors (Lipinski definition) is 1. The second-order valence-corrected chi connectivity index (χ2v) is 8.62. The van der Waals surface area contributed by atoms with Crippen molar-refractivity contribution in [3.05, 3.63) is 30.3 Å². The fraction of sp³-hybridized carbons (Fsp3) is 0.750. The number of benzene rings is 1. The molecule has 0 radical (unpaired) electrons. The summed E-state index contributed by atoms with van der Waals surface area (Å²) in [7, 11) is 0. The standard InChI is InChI=1S/C24H38O/c1-3-8-19-11-13-20(14-12-19)21-15-17-22(18-16-21)24(4-2)25-23-9-6-5-7-10-23/h5-7,9-10,19-22,24H,3-4,8,11-18H2,1-2H3/t19-,20-,21?,22?,24?. The maximum Gasteiger partial charge on any atom is 0.119 e. The van der Waals surface area contributed by atoms with Crippen molar-refractivity contribution in [1.29, 1.82) is 0 Å². The monoisotopic (exact) mass is 342 g/mol. The van der Waals surface area contributed by atoms with E-state index in [2.05, 4.69) is 44.2 Å². The Morgan fingerprint density at radius 2 is 1.44 bits per heavy atom. The van der Waals surface area contributed by atoms with Crippen LogP contribution in [0.4, 0.5) is 0 Å². The molecule has 140 valence electrons. The van der Waals surface area contributed by atoms with Crippen LogP contribution < -0.4 is 4.74 Å². The molecule has 2 saturated carbocycles. The average Bonchev–Trinajstić information content (AvgIpc) is 2.68. The minimum atomic E-state index is 0.406. The molecule has 1 aromatic rings. The SMILES string of the molecule is CCC[C@H]1CC[C@H](C2CCC(C(CC)Oc3ccccc3)CC2)CC1. The topological polar surface area (TPSA) is 9.23 Å². The summed E-state index contributed by atoms with van der Waals surface area (Å²) >= 11 is 0. The lowest BCUT2D eigenvalue weighted by atomic mass is 9.68. The van der Waals surface area contributed by atoms with E-state index in [1.165, 1.54) is 64.2 Å². The lowest BCUT2D eigenvalue weighted by Gasteiger charge is -2.39. The number of hydrogen-bond donors (Lipinski definition) is 0. The maximum atomic E-state index is 6.32. The van der Waals surface area contributed by atoms with E-state index in [9.17, 15) is 0 Å². The zero-order chi connectivity index (χ0) is 17.5. The highest BCUT2D eigenvalue weighted by Gasteiger charge is 2.33. The fourth-order valence-corrected chi connectivity index (χ4v) is 5.53. The molecule has 0 amide bonds. The molecule has 1 nitrogen and oxygen atoms in total. The highest BCUT2D eigenvalue weighted by molar-refractivity contribution is 5.21. The van der Waals surface area contributed by atoms with E-state index < -0.39 is 0 Å². The van der Waals surface area contributed by atoms with Gasteiger partial charge in [-0.05, 0) is 80.8 Å². The van der Waals surface area contributed by atoms with Gasteiger partial charge in [0, 0.05) is 0 Å². The van der Waals surface area contributed by atoms with Crippen LogP contribution in [0.15, 0.2) is 30.3 Å². The van der Waals surface area contributed by atoms with Crippen molar-refractivity contribution in [1.82, 2.24) is 0 Å². The Hall–Kier alpha value is -0.980. The van der Waals surface area contributed by atoms with E-state index >= 15 is 0 Å². The molecule has 1 atom stereocenters. The summed E-state index contributed by atoms with van der Waals surface area (Å²) in [6.45, 7) is 4.63. The van der Waals surface area contributed by atoms with Crippen LogP contribution in [0, 0.1) is 23.7 Å². The molecule has 3 rings (SSSR count). The van der Waals surface area contributed by atoms with Crippen LogP contribution in [0.1, 0.15) is 84.5 Å². The predicted molar refractivity (Wildman–Crippen MR) is 107 cm³/mol. The van der Waals surface area contributed by atoms with E-state index in [1.54, 1.807) is 0 Å². The summed E-state index contributed by atoms with van der Waals surface area (Å²) in [6.07, 6.45) is 16.1. The third-order valence-corrected chi connectivity index (χ3v) is 7.03. The van der Waals surface area contributed by atoms with E-state index in [-0.39, 0.29) is 0 Å². The molecule has 2 fully saturated rings. The molecule has 0 N–H and O–H groups in total. The van der Waals surface area contributed by atoms with Crippen molar-refractivity contribution in [2.75, 3.05) is 0 Å². The highest BCUT2D eigenvalue weighted by Crippen LogP contribution is 2.43. The normalized spacial score (nSPS) is 31.4. The summed E-state index contributed by atoms with van der Waals surface area (Å²) in [6, 6.07) is 10.4. The first-order valence-corrected chi connectivity index (χ1v) is 11.0. The van der Waals surface area contributed by atoms with Crippen LogP contribution in [0.3, 0.4) is 0 Å². The minimum Gasteiger partial charge on any atom is -0.490 e. The molecule has 2 aliphatic carbocycles. The zero-order valence-corrected chi connectivity index (χ0v) is 16.5. The first-order valence-electron chi connectivity index (χ1n) is 11.0. The van der Waals surface area contributed by atoms with E-state index in [0.717, 1.165) is 35.8 Å². The number of para-hydroxylation sites is 1. The van der Waals surface area contributed by atoms with Crippen molar-refractivity contribution in [3.63, 3.8) is 0 Å². The smallest absolute Gasteiger partial charge is 0.119 e. The zero-order valence-electron chi connectivity index (χ0n) is 16.5. The summed E-state index contributed by atoms with van der Waals surface area (Å²) < 4.78 is 6.32. The van der Waals surface area contributed by atoms with E-state index in [1.807, 2.05) is 0 Å². The van der Waals surface area contributed by atoms with Gasteiger partial charge >= 0.3 is 0 Å². The van der Waals surface area contributed by atoms with Crippen LogP contribution >= 0.6 is 0 Å². The van der Waals surface area contributed by atoms with E-state index in [4.69, 9.17) is 4.74 Å². The molecule has 0 heterocycles. The van der Waals surface area contributed by atoms with Gasteiger partial charge in [0.05, 0.1) is 0 Å². The van der Waals surface area contributed by atoms with Crippen molar-refractivity contribution in [2.24, 2.45) is 23.7 Å². The molecule has 1 unspecified atom stereocenters. The lowest BCUT2D eigenvalue weighted by molar-refractivity contribution is 0.0703. The van der Waals surface area contributed by atoms with Gasteiger partial charge in [0.25, 0.3) is 0 Å². The highest BCUT2D eigenvalue weighted by atomic mass is 16.5. The Bertz CT molecular complexity index is 466.